The highest BCUT2D eigenvalue weighted by Crippen LogP contribution is 2.28. The van der Waals surface area contributed by atoms with Crippen molar-refractivity contribution in [2.24, 2.45) is 0 Å². The van der Waals surface area contributed by atoms with Crippen molar-refractivity contribution in [3.63, 3.8) is 0 Å². The molecule has 0 spiro atoms. The highest BCUT2D eigenvalue weighted by atomic mass is 32.2. The van der Waals surface area contributed by atoms with Gasteiger partial charge in [-0.15, -0.1) is 23.1 Å². The molecule has 1 atom stereocenters. The number of nitrogens with zero attached hydrogens (tertiary/aromatic N) is 1. The lowest BCUT2D eigenvalue weighted by molar-refractivity contribution is -0.115. The van der Waals surface area contributed by atoms with Crippen LogP contribution in [0.25, 0.3) is 11.3 Å². The summed E-state index contributed by atoms with van der Waals surface area (Å²) in [6.45, 7) is 3.80. The molecule has 0 bridgehead atoms. The standard InChI is InChI=1S/C26H23N3O2S2/c1-17-8-6-11-20(14-17)25(31)27-21-12-7-13-22(15-21)33-18(2)24(30)29-26-28-23(16-32-26)19-9-4-3-5-10-19/h3-16,18H,1-2H3,(H,27,31)(H,28,29,30). The first-order valence-corrected chi connectivity index (χ1v) is 12.2. The van der Waals surface area contributed by atoms with E-state index in [-0.39, 0.29) is 17.1 Å². The van der Waals surface area contributed by atoms with Gasteiger partial charge in [-0.05, 0) is 44.2 Å². The van der Waals surface area contributed by atoms with Gasteiger partial charge >= 0.3 is 0 Å². The number of anilines is 2. The number of aromatic nitrogens is 1. The van der Waals surface area contributed by atoms with E-state index in [0.717, 1.165) is 21.7 Å². The second-order valence-corrected chi connectivity index (χ2v) is 9.78. The van der Waals surface area contributed by atoms with Crippen molar-refractivity contribution >= 4 is 45.7 Å². The minimum absolute atomic E-state index is 0.122. The zero-order valence-electron chi connectivity index (χ0n) is 18.2. The lowest BCUT2D eigenvalue weighted by Gasteiger charge is -2.12. The summed E-state index contributed by atoms with van der Waals surface area (Å²) in [7, 11) is 0. The van der Waals surface area contributed by atoms with Gasteiger partial charge in [-0.3, -0.25) is 9.59 Å². The van der Waals surface area contributed by atoms with E-state index in [0.29, 0.717) is 16.4 Å². The number of aryl methyl sites for hydroxylation is 1. The summed E-state index contributed by atoms with van der Waals surface area (Å²) in [5.41, 5.74) is 4.18. The highest BCUT2D eigenvalue weighted by molar-refractivity contribution is 8.00. The van der Waals surface area contributed by atoms with E-state index >= 15 is 0 Å². The molecule has 2 amide bonds. The fourth-order valence-electron chi connectivity index (χ4n) is 3.17. The maximum Gasteiger partial charge on any atom is 0.255 e. The van der Waals surface area contributed by atoms with Gasteiger partial charge in [0.2, 0.25) is 5.91 Å². The molecule has 2 N–H and O–H groups in total. The minimum Gasteiger partial charge on any atom is -0.322 e. The van der Waals surface area contributed by atoms with E-state index in [1.807, 2.05) is 92.0 Å². The SMILES string of the molecule is Cc1cccc(C(=O)Nc2cccc(SC(C)C(=O)Nc3nc(-c4ccccc4)cs3)c2)c1. The number of amides is 2. The number of hydrogen-bond donors (Lipinski definition) is 2. The smallest absolute Gasteiger partial charge is 0.255 e. The summed E-state index contributed by atoms with van der Waals surface area (Å²) < 4.78 is 0. The van der Waals surface area contributed by atoms with Gasteiger partial charge in [-0.1, -0.05) is 54.1 Å². The van der Waals surface area contributed by atoms with Crippen LogP contribution in [0.15, 0.2) is 89.1 Å². The van der Waals surface area contributed by atoms with Gasteiger partial charge in [-0.25, -0.2) is 4.98 Å². The van der Waals surface area contributed by atoms with Crippen molar-refractivity contribution in [2.75, 3.05) is 10.6 Å². The van der Waals surface area contributed by atoms with Gasteiger partial charge in [0.25, 0.3) is 5.91 Å². The summed E-state index contributed by atoms with van der Waals surface area (Å²) in [4.78, 5) is 30.6. The molecule has 0 saturated carbocycles. The molecule has 1 heterocycles. The van der Waals surface area contributed by atoms with Gasteiger partial charge in [0.05, 0.1) is 10.9 Å². The number of hydrogen-bond acceptors (Lipinski definition) is 5. The van der Waals surface area contributed by atoms with Gasteiger partial charge in [0.15, 0.2) is 5.13 Å². The molecule has 0 aliphatic carbocycles. The summed E-state index contributed by atoms with van der Waals surface area (Å²) in [5, 5.41) is 8.00. The molecule has 1 unspecified atom stereocenters. The predicted octanol–water partition coefficient (Wildman–Crippen LogP) is 6.49. The molecule has 7 heteroatoms. The van der Waals surface area contributed by atoms with Crippen LogP contribution in [0.4, 0.5) is 10.8 Å². The molecule has 1 aromatic heterocycles. The second-order valence-electron chi connectivity index (χ2n) is 7.50. The van der Waals surface area contributed by atoms with E-state index in [9.17, 15) is 9.59 Å². The first kappa shape index (κ1) is 22.8. The average Bonchev–Trinajstić information content (AvgIpc) is 3.28. The number of nitrogens with one attached hydrogen (secondary N) is 2. The molecule has 3 aromatic carbocycles. The molecule has 33 heavy (non-hydrogen) atoms. The van der Waals surface area contributed by atoms with Crippen LogP contribution >= 0.6 is 23.1 Å². The molecular formula is C26H23N3O2S2. The monoisotopic (exact) mass is 473 g/mol. The number of rotatable bonds is 7. The third-order valence-corrected chi connectivity index (χ3v) is 6.71. The number of thioether (sulfide) groups is 1. The Morgan fingerprint density at radius 1 is 0.939 bits per heavy atom. The van der Waals surface area contributed by atoms with Crippen LogP contribution in [-0.2, 0) is 4.79 Å². The van der Waals surface area contributed by atoms with Crippen LogP contribution in [0.2, 0.25) is 0 Å². The Bertz CT molecular complexity index is 1270. The Morgan fingerprint density at radius 3 is 2.52 bits per heavy atom. The third-order valence-electron chi connectivity index (χ3n) is 4.86. The first-order chi connectivity index (χ1) is 16.0. The van der Waals surface area contributed by atoms with Crippen molar-refractivity contribution in [3.8, 4) is 11.3 Å². The number of benzene rings is 3. The lowest BCUT2D eigenvalue weighted by Crippen LogP contribution is -2.22. The van der Waals surface area contributed by atoms with Crippen LogP contribution in [0.3, 0.4) is 0 Å². The quantitative estimate of drug-likeness (QED) is 0.301. The minimum atomic E-state index is -0.336. The van der Waals surface area contributed by atoms with E-state index in [2.05, 4.69) is 15.6 Å². The maximum atomic E-state index is 12.7. The zero-order valence-corrected chi connectivity index (χ0v) is 19.9. The molecule has 0 aliphatic rings. The van der Waals surface area contributed by atoms with Crippen LogP contribution in [-0.4, -0.2) is 22.0 Å². The molecular weight excluding hydrogens is 450 g/mol. The molecule has 0 fully saturated rings. The molecule has 0 radical (unpaired) electrons. The molecule has 0 aliphatic heterocycles. The first-order valence-electron chi connectivity index (χ1n) is 10.4. The Kier molecular flexibility index (Phi) is 7.22. The number of thiazole rings is 1. The summed E-state index contributed by atoms with van der Waals surface area (Å²) >= 11 is 2.83. The fourth-order valence-corrected chi connectivity index (χ4v) is 4.82. The largest absolute Gasteiger partial charge is 0.322 e. The lowest BCUT2D eigenvalue weighted by atomic mass is 10.1. The van der Waals surface area contributed by atoms with Gasteiger partial charge < -0.3 is 10.6 Å². The zero-order chi connectivity index (χ0) is 23.2. The highest BCUT2D eigenvalue weighted by Gasteiger charge is 2.17. The van der Waals surface area contributed by atoms with Crippen LogP contribution < -0.4 is 10.6 Å². The van der Waals surface area contributed by atoms with Crippen molar-refractivity contribution in [1.29, 1.82) is 0 Å². The van der Waals surface area contributed by atoms with Gasteiger partial charge in [-0.2, -0.15) is 0 Å². The Morgan fingerprint density at radius 2 is 1.73 bits per heavy atom. The molecule has 0 saturated heterocycles. The Balaban J connectivity index is 1.36. The van der Waals surface area contributed by atoms with E-state index in [1.165, 1.54) is 23.1 Å². The summed E-state index contributed by atoms with van der Waals surface area (Å²) in [5.74, 6) is -0.284. The average molecular weight is 474 g/mol. The third kappa shape index (κ3) is 6.09. The van der Waals surface area contributed by atoms with Crippen LogP contribution in [0.1, 0.15) is 22.8 Å². The van der Waals surface area contributed by atoms with E-state index in [1.54, 1.807) is 6.07 Å². The van der Waals surface area contributed by atoms with Crippen molar-refractivity contribution in [2.45, 2.75) is 24.0 Å². The molecule has 4 aromatic rings. The molecule has 166 valence electrons. The summed E-state index contributed by atoms with van der Waals surface area (Å²) in [6.07, 6.45) is 0. The Labute approximate surface area is 201 Å². The number of carbonyl (C=O) groups excluding carboxylic acids is 2. The van der Waals surface area contributed by atoms with Crippen molar-refractivity contribution in [3.05, 3.63) is 95.4 Å². The topological polar surface area (TPSA) is 71.1 Å². The number of carbonyl (C=O) groups is 2. The van der Waals surface area contributed by atoms with Gasteiger partial charge in [0.1, 0.15) is 0 Å². The Hall–Kier alpha value is -3.42. The normalized spacial score (nSPS) is 11.6. The van der Waals surface area contributed by atoms with Crippen LogP contribution in [0.5, 0.6) is 0 Å². The second kappa shape index (κ2) is 10.5. The fraction of sp³-hybridized carbons (Fsp3) is 0.115. The van der Waals surface area contributed by atoms with E-state index < -0.39 is 0 Å². The van der Waals surface area contributed by atoms with Gasteiger partial charge in [0, 0.05) is 27.1 Å². The maximum absolute atomic E-state index is 12.7. The molecule has 4 rings (SSSR count). The molecule has 5 nitrogen and oxygen atoms in total. The summed E-state index contributed by atoms with van der Waals surface area (Å²) in [6, 6.07) is 24.8. The van der Waals surface area contributed by atoms with Crippen LogP contribution in [0, 0.1) is 6.92 Å². The van der Waals surface area contributed by atoms with E-state index in [4.69, 9.17) is 0 Å². The van der Waals surface area contributed by atoms with Crippen molar-refractivity contribution in [1.82, 2.24) is 4.98 Å². The van der Waals surface area contributed by atoms with Crippen molar-refractivity contribution < 1.29 is 9.59 Å². The predicted molar refractivity (Wildman–Crippen MR) is 137 cm³/mol.